The summed E-state index contributed by atoms with van der Waals surface area (Å²) < 4.78 is 0. The van der Waals surface area contributed by atoms with E-state index in [1.165, 1.54) is 0 Å². The van der Waals surface area contributed by atoms with Crippen LogP contribution in [0.1, 0.15) is 18.5 Å². The predicted octanol–water partition coefficient (Wildman–Crippen LogP) is 4.84. The van der Waals surface area contributed by atoms with E-state index in [0.717, 1.165) is 32.6 Å². The average Bonchev–Trinajstić information content (AvgIpc) is 2.53. The standard InChI is InChI=1S/C18H17ClN2/c1-12(20-2)15-9-8-14(11-17(15)19)16-7-3-5-13-6-4-10-21-18(13)16/h3-12,20H,1-2H3. The topological polar surface area (TPSA) is 24.9 Å². The fourth-order valence-corrected chi connectivity index (χ4v) is 2.88. The molecule has 3 heteroatoms. The van der Waals surface area contributed by atoms with E-state index >= 15 is 0 Å². The van der Waals surface area contributed by atoms with Crippen LogP contribution in [0.15, 0.2) is 54.7 Å². The van der Waals surface area contributed by atoms with Crippen molar-refractivity contribution in [2.45, 2.75) is 13.0 Å². The number of para-hydroxylation sites is 1. The van der Waals surface area contributed by atoms with Gasteiger partial charge in [-0.2, -0.15) is 0 Å². The van der Waals surface area contributed by atoms with Crippen molar-refractivity contribution >= 4 is 22.5 Å². The molecule has 0 radical (unpaired) electrons. The Hall–Kier alpha value is -1.90. The van der Waals surface area contributed by atoms with Crippen LogP contribution in [0.25, 0.3) is 22.0 Å². The van der Waals surface area contributed by atoms with E-state index in [-0.39, 0.29) is 6.04 Å². The van der Waals surface area contributed by atoms with E-state index in [4.69, 9.17) is 11.6 Å². The second kappa shape index (κ2) is 5.84. The zero-order chi connectivity index (χ0) is 14.8. The summed E-state index contributed by atoms with van der Waals surface area (Å²) in [6.45, 7) is 2.10. The lowest BCUT2D eigenvalue weighted by atomic mass is 9.99. The smallest absolute Gasteiger partial charge is 0.0780 e. The van der Waals surface area contributed by atoms with Gasteiger partial charge in [0.2, 0.25) is 0 Å². The van der Waals surface area contributed by atoms with Crippen LogP contribution in [-0.4, -0.2) is 12.0 Å². The maximum absolute atomic E-state index is 6.44. The van der Waals surface area contributed by atoms with E-state index in [0.29, 0.717) is 0 Å². The highest BCUT2D eigenvalue weighted by molar-refractivity contribution is 6.31. The maximum atomic E-state index is 6.44. The number of hydrogen-bond donors (Lipinski definition) is 1. The highest BCUT2D eigenvalue weighted by atomic mass is 35.5. The monoisotopic (exact) mass is 296 g/mol. The Morgan fingerprint density at radius 2 is 1.90 bits per heavy atom. The van der Waals surface area contributed by atoms with Crippen LogP contribution in [0.2, 0.25) is 5.02 Å². The van der Waals surface area contributed by atoms with Crippen molar-refractivity contribution in [3.05, 3.63) is 65.3 Å². The van der Waals surface area contributed by atoms with Gasteiger partial charge >= 0.3 is 0 Å². The first-order valence-electron chi connectivity index (χ1n) is 7.01. The largest absolute Gasteiger partial charge is 0.313 e. The fraction of sp³-hybridized carbons (Fsp3) is 0.167. The molecule has 0 aliphatic rings. The quantitative estimate of drug-likeness (QED) is 0.748. The Morgan fingerprint density at radius 1 is 1.10 bits per heavy atom. The van der Waals surface area contributed by atoms with Crippen molar-refractivity contribution in [2.75, 3.05) is 7.05 Å². The van der Waals surface area contributed by atoms with Crippen LogP contribution in [0.3, 0.4) is 0 Å². The van der Waals surface area contributed by atoms with Crippen LogP contribution in [-0.2, 0) is 0 Å². The molecule has 106 valence electrons. The highest BCUT2D eigenvalue weighted by Crippen LogP contribution is 2.32. The molecule has 1 heterocycles. The van der Waals surface area contributed by atoms with Gasteiger partial charge in [0.25, 0.3) is 0 Å². The fourth-order valence-electron chi connectivity index (χ4n) is 2.54. The summed E-state index contributed by atoms with van der Waals surface area (Å²) in [7, 11) is 1.93. The third-order valence-corrected chi connectivity index (χ3v) is 4.17. The summed E-state index contributed by atoms with van der Waals surface area (Å²) >= 11 is 6.44. The molecule has 3 aromatic rings. The van der Waals surface area contributed by atoms with Gasteiger partial charge in [-0.05, 0) is 37.2 Å². The minimum Gasteiger partial charge on any atom is -0.313 e. The Kier molecular flexibility index (Phi) is 3.91. The van der Waals surface area contributed by atoms with Gasteiger partial charge in [-0.1, -0.05) is 48.0 Å². The molecular formula is C18H17ClN2. The lowest BCUT2D eigenvalue weighted by Gasteiger charge is -2.14. The van der Waals surface area contributed by atoms with E-state index < -0.39 is 0 Å². The van der Waals surface area contributed by atoms with Gasteiger partial charge in [0.15, 0.2) is 0 Å². The Morgan fingerprint density at radius 3 is 2.67 bits per heavy atom. The molecule has 0 spiro atoms. The number of aromatic nitrogens is 1. The molecule has 3 rings (SSSR count). The summed E-state index contributed by atoms with van der Waals surface area (Å²) in [6.07, 6.45) is 1.82. The first kappa shape index (κ1) is 14.1. The second-order valence-electron chi connectivity index (χ2n) is 5.13. The summed E-state index contributed by atoms with van der Waals surface area (Å²) in [5, 5.41) is 5.13. The summed E-state index contributed by atoms with van der Waals surface area (Å²) in [4.78, 5) is 4.51. The zero-order valence-corrected chi connectivity index (χ0v) is 12.9. The van der Waals surface area contributed by atoms with Crippen LogP contribution in [0.4, 0.5) is 0 Å². The number of fused-ring (bicyclic) bond motifs is 1. The Balaban J connectivity index is 2.13. The van der Waals surface area contributed by atoms with Gasteiger partial charge in [0.05, 0.1) is 5.52 Å². The molecule has 0 fully saturated rings. The number of benzene rings is 2. The summed E-state index contributed by atoms with van der Waals surface area (Å²) in [5.74, 6) is 0. The van der Waals surface area contributed by atoms with E-state index in [2.05, 4.69) is 53.6 Å². The second-order valence-corrected chi connectivity index (χ2v) is 5.53. The van der Waals surface area contributed by atoms with Crippen molar-refractivity contribution in [1.82, 2.24) is 10.3 Å². The molecule has 0 aliphatic carbocycles. The van der Waals surface area contributed by atoms with E-state index in [1.807, 2.05) is 25.4 Å². The SMILES string of the molecule is CNC(C)c1ccc(-c2cccc3cccnc23)cc1Cl. The van der Waals surface area contributed by atoms with Crippen LogP contribution in [0, 0.1) is 0 Å². The number of nitrogens with zero attached hydrogens (tertiary/aromatic N) is 1. The molecule has 0 aliphatic heterocycles. The van der Waals surface area contributed by atoms with Crippen LogP contribution >= 0.6 is 11.6 Å². The van der Waals surface area contributed by atoms with Gasteiger partial charge in [-0.25, -0.2) is 0 Å². The molecule has 0 amide bonds. The molecule has 1 atom stereocenters. The third-order valence-electron chi connectivity index (χ3n) is 3.84. The lowest BCUT2D eigenvalue weighted by Crippen LogP contribution is -2.12. The number of nitrogens with one attached hydrogen (secondary N) is 1. The molecule has 0 bridgehead atoms. The van der Waals surface area contributed by atoms with Crippen LogP contribution in [0.5, 0.6) is 0 Å². The van der Waals surface area contributed by atoms with Gasteiger partial charge < -0.3 is 5.32 Å². The molecule has 2 aromatic carbocycles. The van der Waals surface area contributed by atoms with Crippen molar-refractivity contribution < 1.29 is 0 Å². The van der Waals surface area contributed by atoms with E-state index in [1.54, 1.807) is 0 Å². The Labute approximate surface area is 129 Å². The molecule has 1 aromatic heterocycles. The molecule has 2 nitrogen and oxygen atoms in total. The first-order valence-corrected chi connectivity index (χ1v) is 7.39. The lowest BCUT2D eigenvalue weighted by molar-refractivity contribution is 0.652. The van der Waals surface area contributed by atoms with Gasteiger partial charge in [-0.15, -0.1) is 0 Å². The van der Waals surface area contributed by atoms with Crippen molar-refractivity contribution in [3.63, 3.8) is 0 Å². The number of pyridine rings is 1. The molecular weight excluding hydrogens is 280 g/mol. The minimum atomic E-state index is 0.234. The van der Waals surface area contributed by atoms with Gasteiger partial charge in [0, 0.05) is 28.2 Å². The predicted molar refractivity (Wildman–Crippen MR) is 89.7 cm³/mol. The van der Waals surface area contributed by atoms with E-state index in [9.17, 15) is 0 Å². The number of halogens is 1. The Bertz CT molecular complexity index is 778. The molecule has 1 N–H and O–H groups in total. The average molecular weight is 297 g/mol. The molecule has 21 heavy (non-hydrogen) atoms. The van der Waals surface area contributed by atoms with Crippen molar-refractivity contribution in [2.24, 2.45) is 0 Å². The molecule has 1 unspecified atom stereocenters. The van der Waals surface area contributed by atoms with Gasteiger partial charge in [0.1, 0.15) is 0 Å². The zero-order valence-electron chi connectivity index (χ0n) is 12.1. The number of hydrogen-bond acceptors (Lipinski definition) is 2. The minimum absolute atomic E-state index is 0.234. The van der Waals surface area contributed by atoms with Crippen molar-refractivity contribution in [3.8, 4) is 11.1 Å². The highest BCUT2D eigenvalue weighted by Gasteiger charge is 2.10. The normalized spacial score (nSPS) is 12.5. The third kappa shape index (κ3) is 2.65. The summed E-state index contributed by atoms with van der Waals surface area (Å²) in [6, 6.07) is 16.7. The summed E-state index contributed by atoms with van der Waals surface area (Å²) in [5.41, 5.74) is 4.32. The molecule has 0 saturated heterocycles. The van der Waals surface area contributed by atoms with Crippen molar-refractivity contribution in [1.29, 1.82) is 0 Å². The number of rotatable bonds is 3. The maximum Gasteiger partial charge on any atom is 0.0780 e. The first-order chi connectivity index (χ1) is 10.2. The van der Waals surface area contributed by atoms with Crippen LogP contribution < -0.4 is 5.32 Å². The van der Waals surface area contributed by atoms with Gasteiger partial charge in [-0.3, -0.25) is 4.98 Å². The molecule has 0 saturated carbocycles.